The molecule has 2 amide bonds. The van der Waals surface area contributed by atoms with Gasteiger partial charge in [0.2, 0.25) is 5.79 Å². The number of aliphatic hydroxyl groups excluding tert-OH is 2. The number of carbonyl (C=O) groups is 5. The first-order chi connectivity index (χ1) is 33.3. The van der Waals surface area contributed by atoms with Crippen LogP contribution in [0, 0.1) is 35.5 Å². The van der Waals surface area contributed by atoms with E-state index in [1.54, 1.807) is 48.8 Å². The van der Waals surface area contributed by atoms with Gasteiger partial charge in [-0.2, -0.15) is 0 Å². The molecule has 402 valence electrons. The van der Waals surface area contributed by atoms with Crippen molar-refractivity contribution in [1.29, 1.82) is 0 Å². The molecule has 15 atom stereocenters. The van der Waals surface area contributed by atoms with Crippen LogP contribution in [0.1, 0.15) is 153 Å². The van der Waals surface area contributed by atoms with Gasteiger partial charge in [-0.05, 0) is 147 Å². The lowest BCUT2D eigenvalue weighted by Gasteiger charge is -2.43. The third-order valence-corrected chi connectivity index (χ3v) is 15.4. The number of allylic oxidation sites excluding steroid dienone is 6. The maximum Gasteiger partial charge on any atom is 0.410 e. The van der Waals surface area contributed by atoms with E-state index in [-0.39, 0.29) is 54.9 Å². The fraction of sp³-hybridized carbons (Fsp3) is 0.768. The molecule has 3 fully saturated rings. The third-order valence-electron chi connectivity index (χ3n) is 15.4. The van der Waals surface area contributed by atoms with Crippen LogP contribution >= 0.6 is 0 Å². The van der Waals surface area contributed by atoms with Gasteiger partial charge < -0.3 is 48.8 Å². The molecule has 2 bridgehead atoms. The van der Waals surface area contributed by atoms with Gasteiger partial charge in [0.1, 0.15) is 30.0 Å². The smallest absolute Gasteiger partial charge is 0.410 e. The van der Waals surface area contributed by atoms with Crippen LogP contribution in [0.2, 0.25) is 0 Å². The summed E-state index contributed by atoms with van der Waals surface area (Å²) < 4.78 is 29.8. The largest absolute Gasteiger partial charge is 0.461 e. The van der Waals surface area contributed by atoms with Gasteiger partial charge in [0.05, 0.1) is 24.4 Å². The van der Waals surface area contributed by atoms with Gasteiger partial charge in [-0.15, -0.1) is 0 Å². The Labute approximate surface area is 424 Å². The fourth-order valence-electron chi connectivity index (χ4n) is 11.0. The first-order valence-corrected chi connectivity index (χ1v) is 26.4. The number of hydrogen-bond acceptors (Lipinski definition) is 13. The number of ether oxygens (including phenoxy) is 5. The minimum Gasteiger partial charge on any atom is -0.461 e. The van der Waals surface area contributed by atoms with E-state index in [9.17, 15) is 39.3 Å². The first kappa shape index (κ1) is 59.8. The van der Waals surface area contributed by atoms with Crippen LogP contribution in [0.4, 0.5) is 4.79 Å². The van der Waals surface area contributed by atoms with Crippen LogP contribution in [0.3, 0.4) is 0 Å². The topological polar surface area (TPSA) is 199 Å². The van der Waals surface area contributed by atoms with Crippen molar-refractivity contribution >= 4 is 29.5 Å². The van der Waals surface area contributed by atoms with Crippen molar-refractivity contribution in [1.82, 2.24) is 9.80 Å². The van der Waals surface area contributed by atoms with Crippen molar-refractivity contribution < 1.29 is 63.0 Å². The molecule has 0 aromatic carbocycles. The monoisotopic (exact) mass is 999 g/mol. The number of fused-ring (bicyclic) bond motifs is 3. The molecule has 1 aliphatic carbocycles. The molecule has 15 nitrogen and oxygen atoms in total. The Morgan fingerprint density at radius 1 is 0.873 bits per heavy atom. The maximum atomic E-state index is 14.5. The van der Waals surface area contributed by atoms with Gasteiger partial charge in [-0.1, -0.05) is 76.6 Å². The maximum absolute atomic E-state index is 14.5. The number of amides is 2. The predicted molar refractivity (Wildman–Crippen MR) is 272 cm³/mol. The summed E-state index contributed by atoms with van der Waals surface area (Å²) in [5.74, 6) is -6.65. The minimum absolute atomic E-state index is 0.00700. The predicted octanol–water partition coefficient (Wildman–Crippen LogP) is 8.22. The molecule has 0 aromatic rings. The van der Waals surface area contributed by atoms with Crippen molar-refractivity contribution in [2.75, 3.05) is 27.8 Å². The molecule has 4 aliphatic rings. The van der Waals surface area contributed by atoms with Crippen LogP contribution in [0.15, 0.2) is 47.6 Å². The minimum atomic E-state index is -2.49. The summed E-state index contributed by atoms with van der Waals surface area (Å²) in [7, 11) is 4.66. The van der Waals surface area contributed by atoms with E-state index in [1.807, 2.05) is 71.1 Å². The SMILES string of the molecule is CO[C@@H]1C[C@H](C[C@@H](C)[C@@H]2CC[C@H](C)/C=C(\C)[C@@H](O)[C@@H](OC)C(=O)[C@H](C)C[C@H](C)/C=C/C=C/C=C(\C)[C@@H](N(C)C(=O)OC(C)(C)C)C[C@@H]3CC[C@@H](C)[C@@](O)(O3)C(=O)C(=O)N3CCCC[C@H]3C(=O)O2)CC[C@H]1O. The number of Topliss-reactive ketones (excluding diaryl/α,β-unsaturated/α-hetero) is 2. The zero-order valence-corrected chi connectivity index (χ0v) is 45.3. The standard InChI is InChI=1S/C56H90N2O13/c1-34-19-15-14-16-20-36(3)44(57(11)54(65)71-55(8,9)10)33-42-25-23-40(7)56(66,70-42)51(62)52(63)58-28-18-17-21-43(58)53(64)69-46(37(4)31-41-24-26-45(59)47(32-41)67-12)27-22-35(2)30-39(6)49(61)50(68-13)48(60)38(5)29-34/h14-16,19-20,30,34-35,37-38,40-47,49-50,59,61,66H,17-18,21-29,31-33H2,1-13H3/b16-14+,19-15+,36-20+,39-30+/t34-,35+,37-,38-,40-,41+,42+,43+,44+,45-,46+,47-,49-,50+,56-/m1/s1. The second-order valence-corrected chi connectivity index (χ2v) is 22.6. The van der Waals surface area contributed by atoms with Crippen LogP contribution in [0.5, 0.6) is 0 Å². The lowest BCUT2D eigenvalue weighted by atomic mass is 9.78. The summed E-state index contributed by atoms with van der Waals surface area (Å²) in [5.41, 5.74) is 0.586. The molecule has 71 heavy (non-hydrogen) atoms. The Morgan fingerprint density at radius 2 is 1.58 bits per heavy atom. The average Bonchev–Trinajstić information content (AvgIpc) is 3.31. The number of carbonyl (C=O) groups excluding carboxylic acids is 5. The molecule has 3 N–H and O–H groups in total. The zero-order valence-electron chi connectivity index (χ0n) is 45.3. The highest BCUT2D eigenvalue weighted by Gasteiger charge is 2.53. The zero-order chi connectivity index (χ0) is 53.0. The molecule has 3 heterocycles. The van der Waals surface area contributed by atoms with Gasteiger partial charge >= 0.3 is 12.1 Å². The number of esters is 1. The number of piperidine rings is 1. The number of nitrogens with zero attached hydrogens (tertiary/aromatic N) is 2. The molecule has 3 aliphatic heterocycles. The van der Waals surface area contributed by atoms with Gasteiger partial charge in [0.15, 0.2) is 5.78 Å². The first-order valence-electron chi connectivity index (χ1n) is 26.4. The lowest BCUT2D eigenvalue weighted by Crippen LogP contribution is -2.61. The molecule has 4 rings (SSSR count). The van der Waals surface area contributed by atoms with Gasteiger partial charge in [-0.3, -0.25) is 14.4 Å². The number of likely N-dealkylation sites (N-methyl/N-ethyl adjacent to an activating group) is 1. The number of ketones is 2. The number of hydrogen-bond donors (Lipinski definition) is 3. The molecule has 2 saturated heterocycles. The molecule has 0 aromatic heterocycles. The second kappa shape index (κ2) is 27.0. The summed E-state index contributed by atoms with van der Waals surface area (Å²) in [5, 5.41) is 34.3. The molecule has 0 spiro atoms. The molecule has 0 radical (unpaired) electrons. The van der Waals surface area contributed by atoms with E-state index in [0.29, 0.717) is 69.8 Å². The fourth-order valence-corrected chi connectivity index (χ4v) is 11.0. The summed E-state index contributed by atoms with van der Waals surface area (Å²) in [6.45, 7) is 18.7. The van der Waals surface area contributed by atoms with E-state index in [4.69, 9.17) is 23.7 Å². The molecule has 15 heteroatoms. The highest BCUT2D eigenvalue weighted by atomic mass is 16.6. The van der Waals surface area contributed by atoms with E-state index in [0.717, 1.165) is 12.0 Å². The number of rotatable bonds is 6. The Hall–Kier alpha value is -3.73. The summed E-state index contributed by atoms with van der Waals surface area (Å²) >= 11 is 0. The molecular weight excluding hydrogens is 909 g/mol. The lowest BCUT2D eigenvalue weighted by molar-refractivity contribution is -0.264. The summed E-state index contributed by atoms with van der Waals surface area (Å²) in [6, 6.07) is -1.67. The Morgan fingerprint density at radius 3 is 2.24 bits per heavy atom. The summed E-state index contributed by atoms with van der Waals surface area (Å²) in [4.78, 5) is 73.5. The Kier molecular flexibility index (Phi) is 22.7. The number of aliphatic hydroxyl groups is 3. The van der Waals surface area contributed by atoms with E-state index >= 15 is 0 Å². The summed E-state index contributed by atoms with van der Waals surface area (Å²) in [6.07, 6.45) is 13.1. The van der Waals surface area contributed by atoms with Crippen molar-refractivity contribution in [3.8, 4) is 0 Å². The highest BCUT2D eigenvalue weighted by Crippen LogP contribution is 2.38. The van der Waals surface area contributed by atoms with Crippen LogP contribution < -0.4 is 0 Å². The third kappa shape index (κ3) is 16.6. The normalized spacial score (nSPS) is 38.1. The second-order valence-electron chi connectivity index (χ2n) is 22.6. The quantitative estimate of drug-likeness (QED) is 0.131. The molecule has 0 unspecified atom stereocenters. The number of methoxy groups -OCH3 is 2. The van der Waals surface area contributed by atoms with Crippen molar-refractivity contribution in [2.45, 2.75) is 213 Å². The van der Waals surface area contributed by atoms with Gasteiger partial charge in [0, 0.05) is 39.6 Å². The van der Waals surface area contributed by atoms with E-state index < -0.39 is 89.6 Å². The van der Waals surface area contributed by atoms with Gasteiger partial charge in [-0.25, -0.2) is 9.59 Å². The van der Waals surface area contributed by atoms with Crippen LogP contribution in [0.25, 0.3) is 0 Å². The Balaban J connectivity index is 1.73. The van der Waals surface area contributed by atoms with Crippen LogP contribution in [-0.2, 0) is 42.9 Å². The van der Waals surface area contributed by atoms with Gasteiger partial charge in [0.25, 0.3) is 11.7 Å². The molecule has 1 saturated carbocycles. The van der Waals surface area contributed by atoms with Crippen molar-refractivity contribution in [3.63, 3.8) is 0 Å². The average molecular weight is 999 g/mol. The number of cyclic esters (lactones) is 1. The highest BCUT2D eigenvalue weighted by molar-refractivity contribution is 6.39. The van der Waals surface area contributed by atoms with Crippen molar-refractivity contribution in [3.05, 3.63) is 47.6 Å². The van der Waals surface area contributed by atoms with E-state index in [1.165, 1.54) is 16.9 Å². The Bertz CT molecular complexity index is 1920. The molecular formula is C56H90N2O13. The van der Waals surface area contributed by atoms with Crippen molar-refractivity contribution in [2.24, 2.45) is 35.5 Å². The van der Waals surface area contributed by atoms with Crippen LogP contribution in [-0.4, -0.2) is 143 Å². The van der Waals surface area contributed by atoms with E-state index in [2.05, 4.69) is 0 Å².